The van der Waals surface area contributed by atoms with Gasteiger partial charge in [-0.25, -0.2) is 0 Å². The van der Waals surface area contributed by atoms with Crippen LogP contribution in [0.2, 0.25) is 0 Å². The molecule has 0 radical (unpaired) electrons. The summed E-state index contributed by atoms with van der Waals surface area (Å²) in [5.74, 6) is 0. The van der Waals surface area contributed by atoms with Gasteiger partial charge < -0.3 is 0 Å². The smallest absolute Gasteiger partial charge is 0.264 e. The van der Waals surface area contributed by atoms with Gasteiger partial charge in [-0.15, -0.1) is 0 Å². The van der Waals surface area contributed by atoms with Gasteiger partial charge in [0.25, 0.3) is 25.8 Å². The van der Waals surface area contributed by atoms with Crippen molar-refractivity contribution in [2.45, 2.75) is 36.1 Å². The zero-order valence-corrected chi connectivity index (χ0v) is 17.7. The maximum atomic E-state index is 12.3. The molecule has 0 saturated heterocycles. The lowest BCUT2D eigenvalue weighted by Gasteiger charge is -2.20. The average Bonchev–Trinajstić information content (AvgIpc) is 2.65. The van der Waals surface area contributed by atoms with Gasteiger partial charge in [0.15, 0.2) is 0 Å². The summed E-state index contributed by atoms with van der Waals surface area (Å²) < 4.78 is 58.7. The zero-order chi connectivity index (χ0) is 21.9. The molecule has 0 amide bonds. The molecule has 158 valence electrons. The van der Waals surface area contributed by atoms with Crippen molar-refractivity contribution in [2.75, 3.05) is 13.2 Å². The Hall–Kier alpha value is -2.34. The number of nitrogens with zero attached hydrogens (tertiary/aromatic N) is 1. The molecular weight excluding hydrogens is 422 g/mol. The highest BCUT2D eigenvalue weighted by Gasteiger charge is 2.42. The second-order valence-electron chi connectivity index (χ2n) is 6.81. The first-order chi connectivity index (χ1) is 13.4. The van der Waals surface area contributed by atoms with Crippen molar-refractivity contribution in [2.24, 2.45) is 0 Å². The fraction of sp³-hybridized carbons (Fsp3) is 0.333. The van der Waals surface area contributed by atoms with Crippen molar-refractivity contribution in [3.63, 3.8) is 0 Å². The Balaban J connectivity index is 2.13. The van der Waals surface area contributed by atoms with Crippen LogP contribution in [0, 0.1) is 24.0 Å². The largest absolute Gasteiger partial charge is 0.297 e. The summed E-state index contributed by atoms with van der Waals surface area (Å²) >= 11 is 0. The van der Waals surface area contributed by atoms with Gasteiger partial charge in [0.1, 0.15) is 13.2 Å². The van der Waals surface area contributed by atoms with Crippen LogP contribution in [-0.4, -0.2) is 40.5 Å². The summed E-state index contributed by atoms with van der Waals surface area (Å²) in [5, 5.41) is 11.5. The first-order valence-electron chi connectivity index (χ1n) is 8.42. The number of aryl methyl sites for hydroxylation is 2. The second kappa shape index (κ2) is 8.57. The summed E-state index contributed by atoms with van der Waals surface area (Å²) in [6, 6.07) is 11.5. The van der Waals surface area contributed by atoms with E-state index in [1.807, 2.05) is 0 Å². The van der Waals surface area contributed by atoms with E-state index in [2.05, 4.69) is 0 Å². The van der Waals surface area contributed by atoms with E-state index in [1.165, 1.54) is 24.3 Å². The molecular formula is C18H21NO8S2. The summed E-state index contributed by atoms with van der Waals surface area (Å²) in [6.45, 7) is 2.78. The van der Waals surface area contributed by atoms with Crippen LogP contribution in [0.15, 0.2) is 58.3 Å². The van der Waals surface area contributed by atoms with E-state index >= 15 is 0 Å². The molecule has 9 nitrogen and oxygen atoms in total. The number of nitro groups is 1. The highest BCUT2D eigenvalue weighted by Crippen LogP contribution is 2.20. The number of hydrogen-bond acceptors (Lipinski definition) is 8. The molecule has 0 N–H and O–H groups in total. The maximum absolute atomic E-state index is 12.3. The van der Waals surface area contributed by atoms with E-state index in [-0.39, 0.29) is 9.79 Å². The highest BCUT2D eigenvalue weighted by molar-refractivity contribution is 7.87. The predicted molar refractivity (Wildman–Crippen MR) is 104 cm³/mol. The van der Waals surface area contributed by atoms with Crippen LogP contribution in [-0.2, 0) is 28.6 Å². The third-order valence-corrected chi connectivity index (χ3v) is 6.67. The summed E-state index contributed by atoms with van der Waals surface area (Å²) in [4.78, 5) is 10.3. The van der Waals surface area contributed by atoms with E-state index < -0.39 is 43.9 Å². The molecule has 0 spiro atoms. The monoisotopic (exact) mass is 443 g/mol. The van der Waals surface area contributed by atoms with Crippen LogP contribution < -0.4 is 0 Å². The minimum atomic E-state index is -4.26. The normalized spacial score (nSPS) is 12.7. The van der Waals surface area contributed by atoms with Crippen molar-refractivity contribution in [3.05, 3.63) is 69.8 Å². The van der Waals surface area contributed by atoms with Crippen molar-refractivity contribution in [3.8, 4) is 0 Å². The minimum absolute atomic E-state index is 0.165. The molecule has 2 aromatic rings. The molecule has 29 heavy (non-hydrogen) atoms. The summed E-state index contributed by atoms with van der Waals surface area (Å²) in [6.07, 6.45) is 0. The van der Waals surface area contributed by atoms with Crippen LogP contribution in [0.3, 0.4) is 0 Å². The van der Waals surface area contributed by atoms with Crippen LogP contribution in [0.4, 0.5) is 0 Å². The molecule has 2 rings (SSSR count). The summed E-state index contributed by atoms with van der Waals surface area (Å²) in [7, 11) is -8.53. The maximum Gasteiger partial charge on any atom is 0.297 e. The van der Waals surface area contributed by atoms with Crippen LogP contribution in [0.5, 0.6) is 0 Å². The minimum Gasteiger partial charge on any atom is -0.264 e. The van der Waals surface area contributed by atoms with Gasteiger partial charge in [-0.2, -0.15) is 16.8 Å². The van der Waals surface area contributed by atoms with Crippen molar-refractivity contribution < 1.29 is 30.1 Å². The van der Waals surface area contributed by atoms with Gasteiger partial charge >= 0.3 is 0 Å². The first-order valence-corrected chi connectivity index (χ1v) is 11.2. The lowest BCUT2D eigenvalue weighted by atomic mass is 10.1. The van der Waals surface area contributed by atoms with Crippen molar-refractivity contribution in [1.82, 2.24) is 0 Å². The van der Waals surface area contributed by atoms with Crippen LogP contribution >= 0.6 is 0 Å². The third kappa shape index (κ3) is 5.82. The molecule has 11 heteroatoms. The van der Waals surface area contributed by atoms with Gasteiger partial charge in [0, 0.05) is 11.8 Å². The van der Waals surface area contributed by atoms with Gasteiger partial charge in [-0.1, -0.05) is 35.4 Å². The molecule has 0 bridgehead atoms. The van der Waals surface area contributed by atoms with Crippen LogP contribution in [0.1, 0.15) is 18.1 Å². The Bertz CT molecular complexity index is 996. The number of hydrogen-bond donors (Lipinski definition) is 0. The summed E-state index contributed by atoms with van der Waals surface area (Å²) in [5.41, 5.74) is -0.460. The Labute approximate surface area is 169 Å². The fourth-order valence-electron chi connectivity index (χ4n) is 2.10. The molecule has 0 fully saturated rings. The molecule has 2 aromatic carbocycles. The third-order valence-electron chi connectivity index (χ3n) is 4.11. The highest BCUT2D eigenvalue weighted by atomic mass is 32.2. The van der Waals surface area contributed by atoms with Gasteiger partial charge in [-0.05, 0) is 38.1 Å². The average molecular weight is 443 g/mol. The molecule has 0 aromatic heterocycles. The van der Waals surface area contributed by atoms with Gasteiger partial charge in [-0.3, -0.25) is 18.5 Å². The topological polar surface area (TPSA) is 130 Å². The molecule has 0 atom stereocenters. The number of rotatable bonds is 9. The zero-order valence-electron chi connectivity index (χ0n) is 16.1. The molecule has 0 aliphatic carbocycles. The van der Waals surface area contributed by atoms with E-state index in [0.717, 1.165) is 18.1 Å². The predicted octanol–water partition coefficient (Wildman–Crippen LogP) is 2.45. The lowest BCUT2D eigenvalue weighted by Crippen LogP contribution is -2.45. The Morgan fingerprint density at radius 1 is 0.793 bits per heavy atom. The quantitative estimate of drug-likeness (QED) is 0.328. The van der Waals surface area contributed by atoms with E-state index in [1.54, 1.807) is 38.1 Å². The molecule has 0 aliphatic rings. The van der Waals surface area contributed by atoms with Crippen molar-refractivity contribution >= 4 is 20.2 Å². The molecule has 0 unspecified atom stereocenters. The van der Waals surface area contributed by atoms with Crippen molar-refractivity contribution in [1.29, 1.82) is 0 Å². The van der Waals surface area contributed by atoms with E-state index in [0.29, 0.717) is 0 Å². The Morgan fingerprint density at radius 2 is 1.10 bits per heavy atom. The second-order valence-corrected chi connectivity index (χ2v) is 10.0. The van der Waals surface area contributed by atoms with E-state index in [4.69, 9.17) is 8.37 Å². The molecule has 0 saturated carbocycles. The van der Waals surface area contributed by atoms with Gasteiger partial charge in [0.05, 0.1) is 9.79 Å². The SMILES string of the molecule is Cc1ccc(S(=O)(=O)OCC(C)(COS(=O)(=O)c2ccc(C)cc2)[N+](=O)[O-])cc1. The molecule has 0 aliphatic heterocycles. The fourth-order valence-corrected chi connectivity index (χ4v) is 4.13. The lowest BCUT2D eigenvalue weighted by molar-refractivity contribution is -0.569. The van der Waals surface area contributed by atoms with Gasteiger partial charge in [0.2, 0.25) is 0 Å². The Kier molecular flexibility index (Phi) is 6.78. The van der Waals surface area contributed by atoms with E-state index in [9.17, 15) is 26.9 Å². The molecule has 0 heterocycles. The standard InChI is InChI=1S/C18H21NO8S2/c1-14-4-8-16(9-5-14)28(22,23)26-12-18(3,19(20)21)13-27-29(24,25)17-10-6-15(2)7-11-17/h4-11H,12-13H2,1-3H3. The Morgan fingerprint density at radius 3 is 1.38 bits per heavy atom. The van der Waals surface area contributed by atoms with Crippen LogP contribution in [0.25, 0.3) is 0 Å². The number of benzene rings is 2. The first kappa shape index (κ1) is 22.9.